The fourth-order valence-corrected chi connectivity index (χ4v) is 13.9. The Morgan fingerprint density at radius 1 is 0.250 bits per heavy atom. The molecule has 0 amide bonds. The predicted octanol–water partition coefficient (Wildman–Crippen LogP) is 15.5. The van der Waals surface area contributed by atoms with Crippen LogP contribution in [0.2, 0.25) is 0 Å². The molecule has 0 unspecified atom stereocenters. The lowest BCUT2D eigenvalue weighted by atomic mass is 9.31. The number of hydrogen-bond donors (Lipinski definition) is 0. The SMILES string of the molecule is c1ccc(-c2ccc(Oc3cc4c5c(c3)N(c3ccccc3)c3ccccc3B5c3cc5c(cc3S4)N(c3ccccc3)c3cc(Oc4ccc(-c6ccccc6)cc4)cc4c3B5c3ccccc3N4c3ccccc3)cc2)cc1. The monoisotopic (exact) mass is 1040 g/mol. The zero-order valence-electron chi connectivity index (χ0n) is 43.4. The second-order valence-electron chi connectivity index (χ2n) is 20.8. The first-order valence-electron chi connectivity index (χ1n) is 27.3. The maximum Gasteiger partial charge on any atom is 0.252 e. The van der Waals surface area contributed by atoms with Crippen molar-refractivity contribution in [3.63, 3.8) is 0 Å². The number of fused-ring (bicyclic) bond motifs is 8. The van der Waals surface area contributed by atoms with Crippen LogP contribution in [0.15, 0.2) is 295 Å². The molecule has 8 heteroatoms. The molecular weight excluding hydrogens is 993 g/mol. The van der Waals surface area contributed by atoms with E-state index in [2.05, 4.69) is 300 Å². The lowest BCUT2D eigenvalue weighted by molar-refractivity contribution is 0.481. The second kappa shape index (κ2) is 18.9. The molecule has 374 valence electrons. The van der Waals surface area contributed by atoms with E-state index in [1.165, 1.54) is 53.7 Å². The fraction of sp³-hybridized carbons (Fsp3) is 0. The average molecular weight is 1040 g/mol. The largest absolute Gasteiger partial charge is 0.457 e. The van der Waals surface area contributed by atoms with Crippen molar-refractivity contribution in [2.75, 3.05) is 14.7 Å². The average Bonchev–Trinajstić information content (AvgIpc) is 2.66. The van der Waals surface area contributed by atoms with Crippen LogP contribution in [-0.2, 0) is 0 Å². The topological polar surface area (TPSA) is 28.2 Å². The van der Waals surface area contributed by atoms with Crippen molar-refractivity contribution < 1.29 is 9.47 Å². The van der Waals surface area contributed by atoms with Gasteiger partial charge in [0.1, 0.15) is 23.0 Å². The molecule has 0 N–H and O–H groups in total. The van der Waals surface area contributed by atoms with Gasteiger partial charge in [-0.1, -0.05) is 199 Å². The third-order valence-corrected chi connectivity index (χ3v) is 17.3. The zero-order valence-corrected chi connectivity index (χ0v) is 44.2. The van der Waals surface area contributed by atoms with Gasteiger partial charge < -0.3 is 24.2 Å². The minimum Gasteiger partial charge on any atom is -0.457 e. The third kappa shape index (κ3) is 7.66. The van der Waals surface area contributed by atoms with E-state index in [0.717, 1.165) is 85.3 Å². The van der Waals surface area contributed by atoms with Crippen LogP contribution in [-0.4, -0.2) is 13.4 Å². The molecule has 80 heavy (non-hydrogen) atoms. The van der Waals surface area contributed by atoms with Crippen molar-refractivity contribution in [3.8, 4) is 45.3 Å². The molecular formula is C72H47B2N3O2S. The summed E-state index contributed by atoms with van der Waals surface area (Å²) in [5, 5.41) is 0. The highest BCUT2D eigenvalue weighted by Gasteiger charge is 2.47. The van der Waals surface area contributed by atoms with Crippen molar-refractivity contribution >= 4 is 109 Å². The van der Waals surface area contributed by atoms with Crippen LogP contribution in [0.25, 0.3) is 22.3 Å². The van der Waals surface area contributed by atoms with Crippen LogP contribution >= 0.6 is 11.8 Å². The minimum atomic E-state index is -0.106. The Kier molecular flexibility index (Phi) is 10.9. The van der Waals surface area contributed by atoms with E-state index >= 15 is 0 Å². The van der Waals surface area contributed by atoms with E-state index < -0.39 is 0 Å². The van der Waals surface area contributed by atoms with Gasteiger partial charge in [-0.2, -0.15) is 0 Å². The number of benzene rings is 12. The molecule has 0 saturated carbocycles. The summed E-state index contributed by atoms with van der Waals surface area (Å²) in [6.07, 6.45) is 0. The molecule has 0 fully saturated rings. The highest BCUT2D eigenvalue weighted by Crippen LogP contribution is 2.49. The smallest absolute Gasteiger partial charge is 0.252 e. The van der Waals surface area contributed by atoms with Gasteiger partial charge in [0.2, 0.25) is 6.71 Å². The molecule has 0 bridgehead atoms. The summed E-state index contributed by atoms with van der Waals surface area (Å²) in [6.45, 7) is -0.170. The Balaban J connectivity index is 0.899. The Morgan fingerprint density at radius 3 is 1.10 bits per heavy atom. The molecule has 16 rings (SSSR count). The van der Waals surface area contributed by atoms with Gasteiger partial charge in [-0.25, -0.2) is 0 Å². The molecule has 0 aliphatic carbocycles. The molecule has 0 aromatic heterocycles. The summed E-state index contributed by atoms with van der Waals surface area (Å²) >= 11 is 1.84. The van der Waals surface area contributed by atoms with Crippen LogP contribution in [0, 0.1) is 0 Å². The van der Waals surface area contributed by atoms with Crippen LogP contribution in [0.3, 0.4) is 0 Å². The summed E-state index contributed by atoms with van der Waals surface area (Å²) < 4.78 is 14.0. The number of rotatable bonds is 9. The summed E-state index contributed by atoms with van der Waals surface area (Å²) in [6, 6.07) is 102. The maximum absolute atomic E-state index is 7.04. The summed E-state index contributed by atoms with van der Waals surface area (Å²) in [7, 11) is 0. The van der Waals surface area contributed by atoms with Crippen molar-refractivity contribution in [1.29, 1.82) is 0 Å². The molecule has 5 nitrogen and oxygen atoms in total. The first kappa shape index (κ1) is 46.2. The van der Waals surface area contributed by atoms with Gasteiger partial charge in [-0.15, -0.1) is 0 Å². The lowest BCUT2D eigenvalue weighted by Gasteiger charge is -2.45. The van der Waals surface area contributed by atoms with Crippen molar-refractivity contribution in [1.82, 2.24) is 0 Å². The molecule has 4 aliphatic heterocycles. The second-order valence-corrected chi connectivity index (χ2v) is 21.8. The third-order valence-electron chi connectivity index (χ3n) is 16.2. The fourth-order valence-electron chi connectivity index (χ4n) is 12.7. The summed E-state index contributed by atoms with van der Waals surface area (Å²) in [5.41, 5.74) is 22.2. The first-order valence-corrected chi connectivity index (χ1v) is 28.1. The van der Waals surface area contributed by atoms with Crippen molar-refractivity contribution in [3.05, 3.63) is 285 Å². The van der Waals surface area contributed by atoms with Crippen LogP contribution < -0.4 is 57.0 Å². The van der Waals surface area contributed by atoms with E-state index in [4.69, 9.17) is 9.47 Å². The number of ether oxygens (including phenoxy) is 2. The number of hydrogen-bond acceptors (Lipinski definition) is 6. The van der Waals surface area contributed by atoms with E-state index in [-0.39, 0.29) is 13.4 Å². The molecule has 4 aliphatic rings. The Hall–Kier alpha value is -9.88. The van der Waals surface area contributed by atoms with Gasteiger partial charge in [0, 0.05) is 79.2 Å². The number of para-hydroxylation sites is 5. The van der Waals surface area contributed by atoms with E-state index in [1.54, 1.807) is 0 Å². The van der Waals surface area contributed by atoms with Crippen molar-refractivity contribution in [2.45, 2.75) is 9.79 Å². The number of nitrogens with zero attached hydrogens (tertiary/aromatic N) is 3. The highest BCUT2D eigenvalue weighted by atomic mass is 32.2. The van der Waals surface area contributed by atoms with Gasteiger partial charge in [-0.3, -0.25) is 0 Å². The van der Waals surface area contributed by atoms with Gasteiger partial charge in [0.25, 0.3) is 6.71 Å². The lowest BCUT2D eigenvalue weighted by Crippen LogP contribution is -2.64. The van der Waals surface area contributed by atoms with E-state index in [0.29, 0.717) is 0 Å². The summed E-state index contributed by atoms with van der Waals surface area (Å²) in [4.78, 5) is 9.75. The minimum absolute atomic E-state index is 0.0633. The van der Waals surface area contributed by atoms with Crippen molar-refractivity contribution in [2.24, 2.45) is 0 Å². The van der Waals surface area contributed by atoms with Gasteiger partial charge >= 0.3 is 0 Å². The molecule has 0 atom stereocenters. The predicted molar refractivity (Wildman–Crippen MR) is 334 cm³/mol. The normalized spacial score (nSPS) is 13.1. The zero-order chi connectivity index (χ0) is 52.7. The first-order chi connectivity index (χ1) is 39.7. The van der Waals surface area contributed by atoms with Crippen LogP contribution in [0.5, 0.6) is 23.0 Å². The molecule has 0 radical (unpaired) electrons. The number of anilines is 9. The highest BCUT2D eigenvalue weighted by molar-refractivity contribution is 8.00. The Morgan fingerprint density at radius 2 is 0.625 bits per heavy atom. The molecule has 0 saturated heterocycles. The summed E-state index contributed by atoms with van der Waals surface area (Å²) in [5.74, 6) is 3.10. The quantitative estimate of drug-likeness (QED) is 0.134. The standard InChI is InChI=1S/C72H47B2N3O2S/c1-6-20-48(21-7-1)50-34-38-55(39-35-50)78-57-42-66-71-67(43-57)77(54-28-14-5-15-29-54)65-47-69-62(46-61(65)73(71)59-30-16-18-32-63(59)75(66)52-24-10-3-11-25-52)74-60-31-17-19-33-64(60)76(53-26-12-4-13-27-53)68-44-58(45-70(80-69)72(68)74)79-56-40-36-51(37-41-56)49-22-8-2-9-23-49/h1-47H. The molecule has 4 heterocycles. The van der Waals surface area contributed by atoms with E-state index in [1.807, 2.05) is 11.8 Å². The van der Waals surface area contributed by atoms with Crippen LogP contribution in [0.1, 0.15) is 0 Å². The van der Waals surface area contributed by atoms with Gasteiger partial charge in [-0.05, 0) is 134 Å². The van der Waals surface area contributed by atoms with Crippen LogP contribution in [0.4, 0.5) is 51.2 Å². The molecule has 12 aromatic carbocycles. The Labute approximate surface area is 470 Å². The molecule has 0 spiro atoms. The van der Waals surface area contributed by atoms with Gasteiger partial charge in [0.05, 0.1) is 0 Å². The molecule has 12 aromatic rings. The maximum atomic E-state index is 7.04. The van der Waals surface area contributed by atoms with Gasteiger partial charge in [0.15, 0.2) is 0 Å². The van der Waals surface area contributed by atoms with E-state index in [9.17, 15) is 0 Å². The Bertz CT molecular complexity index is 4340.